The van der Waals surface area contributed by atoms with Crippen molar-refractivity contribution in [3.05, 3.63) is 134 Å². The molecule has 0 bridgehead atoms. The minimum atomic E-state index is 0.894. The van der Waals surface area contributed by atoms with Crippen molar-refractivity contribution in [3.8, 4) is 16.9 Å². The Morgan fingerprint density at radius 3 is 2.08 bits per heavy atom. The number of para-hydroxylation sites is 3. The topological polar surface area (TPSA) is 35.1 Å². The molecule has 0 unspecified atom stereocenters. The predicted molar refractivity (Wildman–Crippen MR) is 165 cm³/mol. The van der Waals surface area contributed by atoms with Gasteiger partial charge in [0.1, 0.15) is 5.82 Å². The van der Waals surface area contributed by atoms with Crippen LogP contribution in [0.25, 0.3) is 76.8 Å². The summed E-state index contributed by atoms with van der Waals surface area (Å²) in [6.07, 6.45) is 5.60. The molecule has 0 saturated carbocycles. The van der Waals surface area contributed by atoms with Gasteiger partial charge in [-0.25, -0.2) is 4.98 Å². The Labute approximate surface area is 229 Å². The molecule has 0 N–H and O–H groups in total. The Morgan fingerprint density at radius 1 is 0.475 bits per heavy atom. The van der Waals surface area contributed by atoms with Crippen LogP contribution in [0.2, 0.25) is 0 Å². The maximum atomic E-state index is 4.87. The molecule has 0 aliphatic rings. The molecule has 0 spiro atoms. The maximum absolute atomic E-state index is 4.87. The highest BCUT2D eigenvalue weighted by Gasteiger charge is 2.20. The number of benzene rings is 4. The quantitative estimate of drug-likeness (QED) is 0.218. The maximum Gasteiger partial charge on any atom is 0.138 e. The number of aromatic nitrogens is 4. The number of pyridine rings is 3. The molecular weight excluding hydrogens is 488 g/mol. The molecule has 0 radical (unpaired) electrons. The molecule has 0 atom stereocenters. The zero-order valence-corrected chi connectivity index (χ0v) is 21.5. The Kier molecular flexibility index (Phi) is 4.30. The van der Waals surface area contributed by atoms with Crippen molar-refractivity contribution < 1.29 is 0 Å². The number of nitrogens with zero attached hydrogens (tertiary/aromatic N) is 4. The summed E-state index contributed by atoms with van der Waals surface area (Å²) in [5, 5.41) is 7.51. The zero-order valence-electron chi connectivity index (χ0n) is 21.5. The largest absolute Gasteiger partial charge is 0.309 e. The second-order valence-electron chi connectivity index (χ2n) is 10.3. The van der Waals surface area contributed by atoms with Crippen molar-refractivity contribution >= 4 is 59.9 Å². The molecule has 0 saturated heterocycles. The van der Waals surface area contributed by atoms with Gasteiger partial charge in [-0.05, 0) is 54.1 Å². The average Bonchev–Trinajstić information content (AvgIpc) is 3.58. The fourth-order valence-electron chi connectivity index (χ4n) is 6.55. The van der Waals surface area contributed by atoms with Gasteiger partial charge < -0.3 is 4.40 Å². The Hall–Kier alpha value is -5.48. The van der Waals surface area contributed by atoms with E-state index in [1.807, 2.05) is 24.5 Å². The van der Waals surface area contributed by atoms with Gasteiger partial charge in [0.25, 0.3) is 0 Å². The fraction of sp³-hybridized carbons (Fsp3) is 0. The summed E-state index contributed by atoms with van der Waals surface area (Å²) in [5.41, 5.74) is 8.13. The third-order valence-corrected chi connectivity index (χ3v) is 8.21. The molecule has 9 rings (SSSR count). The highest BCUT2D eigenvalue weighted by Crippen LogP contribution is 2.42. The third-order valence-electron chi connectivity index (χ3n) is 8.21. The van der Waals surface area contributed by atoms with Crippen molar-refractivity contribution in [1.82, 2.24) is 18.9 Å². The second-order valence-corrected chi connectivity index (χ2v) is 10.3. The normalized spacial score (nSPS) is 12.0. The van der Waals surface area contributed by atoms with E-state index in [0.717, 1.165) is 28.0 Å². The van der Waals surface area contributed by atoms with Crippen molar-refractivity contribution in [2.24, 2.45) is 0 Å². The van der Waals surface area contributed by atoms with E-state index in [9.17, 15) is 0 Å². The minimum Gasteiger partial charge on any atom is -0.309 e. The Balaban J connectivity index is 1.47. The number of fused-ring (bicyclic) bond motifs is 12. The summed E-state index contributed by atoms with van der Waals surface area (Å²) in [6.45, 7) is 0. The van der Waals surface area contributed by atoms with Crippen LogP contribution in [0.15, 0.2) is 134 Å². The lowest BCUT2D eigenvalue weighted by Crippen LogP contribution is -1.98. The van der Waals surface area contributed by atoms with Crippen LogP contribution in [0.1, 0.15) is 0 Å². The van der Waals surface area contributed by atoms with Crippen molar-refractivity contribution in [3.63, 3.8) is 0 Å². The van der Waals surface area contributed by atoms with Crippen molar-refractivity contribution in [2.75, 3.05) is 0 Å². The van der Waals surface area contributed by atoms with Gasteiger partial charge >= 0.3 is 0 Å². The molecular formula is C36H22N4. The third kappa shape index (κ3) is 2.85. The van der Waals surface area contributed by atoms with Crippen molar-refractivity contribution in [2.45, 2.75) is 0 Å². The lowest BCUT2D eigenvalue weighted by molar-refractivity contribution is 1.08. The first-order valence-electron chi connectivity index (χ1n) is 13.5. The van der Waals surface area contributed by atoms with E-state index in [0.29, 0.717) is 0 Å². The van der Waals surface area contributed by atoms with Gasteiger partial charge in [0.2, 0.25) is 0 Å². The van der Waals surface area contributed by atoms with Gasteiger partial charge in [0.05, 0.1) is 27.6 Å². The van der Waals surface area contributed by atoms with Crippen LogP contribution in [0.5, 0.6) is 0 Å². The Bertz CT molecular complexity index is 2430. The summed E-state index contributed by atoms with van der Waals surface area (Å²) < 4.78 is 4.72. The average molecular weight is 511 g/mol. The molecule has 0 aliphatic heterocycles. The van der Waals surface area contributed by atoms with Crippen LogP contribution < -0.4 is 0 Å². The van der Waals surface area contributed by atoms with E-state index in [-0.39, 0.29) is 0 Å². The molecule has 4 heteroatoms. The lowest BCUT2D eigenvalue weighted by Gasteiger charge is -2.12. The molecule has 0 amide bonds. The monoisotopic (exact) mass is 510 g/mol. The van der Waals surface area contributed by atoms with E-state index >= 15 is 0 Å². The number of rotatable bonds is 2. The molecule has 186 valence electrons. The number of hydrogen-bond acceptors (Lipinski definition) is 2. The van der Waals surface area contributed by atoms with Crippen LogP contribution in [-0.2, 0) is 0 Å². The Morgan fingerprint density at radius 2 is 1.23 bits per heavy atom. The van der Waals surface area contributed by atoms with Crippen molar-refractivity contribution in [1.29, 1.82) is 0 Å². The van der Waals surface area contributed by atoms with Gasteiger partial charge in [-0.1, -0.05) is 66.7 Å². The summed E-state index contributed by atoms with van der Waals surface area (Å²) in [7, 11) is 0. The summed E-state index contributed by atoms with van der Waals surface area (Å²) in [4.78, 5) is 9.19. The van der Waals surface area contributed by atoms with Crippen LogP contribution in [-0.4, -0.2) is 18.9 Å². The van der Waals surface area contributed by atoms with Gasteiger partial charge in [0.15, 0.2) is 0 Å². The molecule has 0 fully saturated rings. The van der Waals surface area contributed by atoms with Crippen LogP contribution in [0.4, 0.5) is 0 Å². The van der Waals surface area contributed by atoms with Crippen LogP contribution in [0.3, 0.4) is 0 Å². The van der Waals surface area contributed by atoms with E-state index in [4.69, 9.17) is 4.98 Å². The van der Waals surface area contributed by atoms with Crippen LogP contribution >= 0.6 is 0 Å². The predicted octanol–water partition coefficient (Wildman–Crippen LogP) is 8.95. The second kappa shape index (κ2) is 8.01. The first-order valence-corrected chi connectivity index (χ1v) is 13.5. The number of hydrogen-bond donors (Lipinski definition) is 0. The summed E-state index contributed by atoms with van der Waals surface area (Å²) in [6, 6.07) is 41.3. The van der Waals surface area contributed by atoms with Crippen LogP contribution in [0, 0.1) is 0 Å². The molecule has 40 heavy (non-hydrogen) atoms. The SMILES string of the molecule is c1cncc(-c2ccnc(-n3c4ccccc4c4c5c6ccccc6n6c7ccccc7cc6c5ccc43)c2)c1. The van der Waals surface area contributed by atoms with Gasteiger partial charge in [-0.2, -0.15) is 0 Å². The smallest absolute Gasteiger partial charge is 0.138 e. The molecule has 5 heterocycles. The van der Waals surface area contributed by atoms with E-state index in [2.05, 4.69) is 117 Å². The highest BCUT2D eigenvalue weighted by atomic mass is 15.1. The first kappa shape index (κ1) is 21.5. The zero-order chi connectivity index (χ0) is 26.2. The summed E-state index contributed by atoms with van der Waals surface area (Å²) in [5.74, 6) is 0.894. The highest BCUT2D eigenvalue weighted by molar-refractivity contribution is 6.31. The molecule has 5 aromatic heterocycles. The minimum absolute atomic E-state index is 0.894. The molecule has 0 aliphatic carbocycles. The van der Waals surface area contributed by atoms with Gasteiger partial charge in [-0.3, -0.25) is 9.55 Å². The van der Waals surface area contributed by atoms with Gasteiger partial charge in [0, 0.05) is 56.5 Å². The summed E-state index contributed by atoms with van der Waals surface area (Å²) >= 11 is 0. The standard InChI is InChI=1S/C36H22N4/c1-4-12-29-24(8-1)20-33-28-15-16-32-36(35(28)26-10-2-5-13-30(26)39(29)33)27-11-3-6-14-31(27)40(32)34-21-23(17-19-38-34)25-9-7-18-37-22-25/h1-22H. The molecule has 9 aromatic rings. The molecule has 4 nitrogen and oxygen atoms in total. The van der Waals surface area contributed by atoms with Gasteiger partial charge in [-0.15, -0.1) is 0 Å². The first-order chi connectivity index (χ1) is 19.9. The molecule has 4 aromatic carbocycles. The fourth-order valence-corrected chi connectivity index (χ4v) is 6.55. The van der Waals surface area contributed by atoms with E-state index in [1.54, 1.807) is 6.20 Å². The van der Waals surface area contributed by atoms with E-state index < -0.39 is 0 Å². The lowest BCUT2D eigenvalue weighted by atomic mass is 9.99. The van der Waals surface area contributed by atoms with E-state index in [1.165, 1.54) is 48.9 Å².